The summed E-state index contributed by atoms with van der Waals surface area (Å²) in [5.74, 6) is -0.0577. The molecule has 0 aliphatic heterocycles. The maximum Gasteiger partial charge on any atom is 0.247 e. The topological polar surface area (TPSA) is 64.3 Å². The summed E-state index contributed by atoms with van der Waals surface area (Å²) in [6.07, 6.45) is 3.11. The highest BCUT2D eigenvalue weighted by Gasteiger charge is 2.43. The Morgan fingerprint density at radius 2 is 2.11 bits per heavy atom. The smallest absolute Gasteiger partial charge is 0.247 e. The lowest BCUT2D eigenvalue weighted by atomic mass is 9.86. The van der Waals surface area contributed by atoms with Crippen LogP contribution < -0.4 is 4.90 Å². The number of phenols is 1. The van der Waals surface area contributed by atoms with E-state index in [2.05, 4.69) is 6.07 Å². The maximum absolute atomic E-state index is 12.4. The van der Waals surface area contributed by atoms with Gasteiger partial charge in [-0.15, -0.1) is 0 Å². The van der Waals surface area contributed by atoms with Gasteiger partial charge in [-0.2, -0.15) is 5.26 Å². The van der Waals surface area contributed by atoms with E-state index in [1.165, 1.54) is 11.0 Å². The summed E-state index contributed by atoms with van der Waals surface area (Å²) in [7, 11) is 1.65. The molecule has 1 aliphatic carbocycles. The number of phenolic OH excluding ortho intramolecular Hbond substituents is 1. The first-order valence-corrected chi connectivity index (χ1v) is 6.07. The number of nitrogens with zero attached hydrogens (tertiary/aromatic N) is 2. The first kappa shape index (κ1) is 12.4. The van der Waals surface area contributed by atoms with Crippen molar-refractivity contribution in [1.82, 2.24) is 0 Å². The molecule has 0 heterocycles. The standard InChI is InChI=1S/C14H16N2O2/c1-16(11-5-4-6-12(17)9-11)13(18)14(10-15)7-2-3-8-14/h4-6,9,17H,2-3,7-8H2,1H3. The third-order valence-electron chi connectivity index (χ3n) is 3.60. The second-order valence-corrected chi connectivity index (χ2v) is 4.79. The lowest BCUT2D eigenvalue weighted by Gasteiger charge is -2.26. The lowest BCUT2D eigenvalue weighted by molar-refractivity contribution is -0.124. The molecule has 1 amide bonds. The number of hydrogen-bond donors (Lipinski definition) is 1. The van der Waals surface area contributed by atoms with Gasteiger partial charge in [-0.3, -0.25) is 4.79 Å². The molecule has 2 rings (SSSR count). The third kappa shape index (κ3) is 2.04. The van der Waals surface area contributed by atoms with E-state index in [0.717, 1.165) is 12.8 Å². The van der Waals surface area contributed by atoms with E-state index in [1.54, 1.807) is 25.2 Å². The largest absolute Gasteiger partial charge is 0.508 e. The first-order chi connectivity index (χ1) is 8.59. The van der Waals surface area contributed by atoms with Crippen molar-refractivity contribution in [2.75, 3.05) is 11.9 Å². The molecule has 0 bridgehead atoms. The van der Waals surface area contributed by atoms with E-state index >= 15 is 0 Å². The SMILES string of the molecule is CN(C(=O)C1(C#N)CCCC1)c1cccc(O)c1. The third-order valence-corrected chi connectivity index (χ3v) is 3.60. The Balaban J connectivity index is 2.26. The molecule has 1 aromatic carbocycles. The zero-order valence-corrected chi connectivity index (χ0v) is 10.4. The van der Waals surface area contributed by atoms with E-state index in [0.29, 0.717) is 18.5 Å². The minimum Gasteiger partial charge on any atom is -0.508 e. The van der Waals surface area contributed by atoms with Gasteiger partial charge in [-0.05, 0) is 25.0 Å². The number of anilines is 1. The zero-order chi connectivity index (χ0) is 13.2. The number of carbonyl (C=O) groups excluding carboxylic acids is 1. The molecule has 0 unspecified atom stereocenters. The monoisotopic (exact) mass is 244 g/mol. The van der Waals surface area contributed by atoms with Crippen molar-refractivity contribution in [3.05, 3.63) is 24.3 Å². The van der Waals surface area contributed by atoms with Crippen LogP contribution in [0.3, 0.4) is 0 Å². The summed E-state index contributed by atoms with van der Waals surface area (Å²) in [5, 5.41) is 18.7. The van der Waals surface area contributed by atoms with Crippen molar-refractivity contribution in [1.29, 1.82) is 5.26 Å². The Bertz CT molecular complexity index is 499. The fourth-order valence-corrected chi connectivity index (χ4v) is 2.49. The molecule has 0 aromatic heterocycles. The van der Waals surface area contributed by atoms with E-state index in [9.17, 15) is 15.2 Å². The molecular formula is C14H16N2O2. The van der Waals surface area contributed by atoms with Gasteiger partial charge >= 0.3 is 0 Å². The molecule has 1 saturated carbocycles. The summed E-state index contributed by atoms with van der Waals surface area (Å²) in [4.78, 5) is 13.9. The van der Waals surface area contributed by atoms with Gasteiger partial charge in [0.05, 0.1) is 6.07 Å². The van der Waals surface area contributed by atoms with Crippen molar-refractivity contribution in [2.24, 2.45) is 5.41 Å². The number of benzene rings is 1. The Hall–Kier alpha value is -2.02. The number of rotatable bonds is 2. The van der Waals surface area contributed by atoms with E-state index in [4.69, 9.17) is 0 Å². The molecule has 4 heteroatoms. The summed E-state index contributed by atoms with van der Waals surface area (Å²) < 4.78 is 0. The highest BCUT2D eigenvalue weighted by atomic mass is 16.3. The quantitative estimate of drug-likeness (QED) is 0.869. The average molecular weight is 244 g/mol. The average Bonchev–Trinajstić information content (AvgIpc) is 2.87. The van der Waals surface area contributed by atoms with Gasteiger partial charge in [0.25, 0.3) is 0 Å². The molecular weight excluding hydrogens is 228 g/mol. The lowest BCUT2D eigenvalue weighted by Crippen LogP contribution is -2.39. The number of aromatic hydroxyl groups is 1. The Labute approximate surface area is 106 Å². The number of nitriles is 1. The predicted molar refractivity (Wildman–Crippen MR) is 68.0 cm³/mol. The Morgan fingerprint density at radius 1 is 1.44 bits per heavy atom. The fraction of sp³-hybridized carbons (Fsp3) is 0.429. The summed E-state index contributed by atoms with van der Waals surface area (Å²) >= 11 is 0. The highest BCUT2D eigenvalue weighted by Crippen LogP contribution is 2.39. The van der Waals surface area contributed by atoms with E-state index in [1.807, 2.05) is 0 Å². The van der Waals surface area contributed by atoms with Crippen molar-refractivity contribution in [2.45, 2.75) is 25.7 Å². The second kappa shape index (κ2) is 4.69. The maximum atomic E-state index is 12.4. The Morgan fingerprint density at radius 3 is 2.67 bits per heavy atom. The number of amides is 1. The molecule has 0 spiro atoms. The van der Waals surface area contributed by atoms with Gasteiger partial charge in [0, 0.05) is 18.8 Å². The van der Waals surface area contributed by atoms with Crippen molar-refractivity contribution in [3.63, 3.8) is 0 Å². The van der Waals surface area contributed by atoms with Gasteiger partial charge in [0.15, 0.2) is 0 Å². The van der Waals surface area contributed by atoms with Gasteiger partial charge in [0.2, 0.25) is 5.91 Å². The van der Waals surface area contributed by atoms with Gasteiger partial charge in [0.1, 0.15) is 11.2 Å². The summed E-state index contributed by atoms with van der Waals surface area (Å²) in [6, 6.07) is 8.70. The molecule has 94 valence electrons. The minimum atomic E-state index is -0.875. The van der Waals surface area contributed by atoms with Crippen LogP contribution >= 0.6 is 0 Å². The van der Waals surface area contributed by atoms with E-state index < -0.39 is 5.41 Å². The zero-order valence-electron chi connectivity index (χ0n) is 10.4. The van der Waals surface area contributed by atoms with Crippen LogP contribution in [0.2, 0.25) is 0 Å². The van der Waals surface area contributed by atoms with Crippen molar-refractivity contribution >= 4 is 11.6 Å². The van der Waals surface area contributed by atoms with Gasteiger partial charge in [-0.25, -0.2) is 0 Å². The van der Waals surface area contributed by atoms with Crippen molar-refractivity contribution in [3.8, 4) is 11.8 Å². The number of hydrogen-bond acceptors (Lipinski definition) is 3. The highest BCUT2D eigenvalue weighted by molar-refractivity contribution is 5.99. The van der Waals surface area contributed by atoms with Crippen LogP contribution in [0, 0.1) is 16.7 Å². The van der Waals surface area contributed by atoms with E-state index in [-0.39, 0.29) is 11.7 Å². The van der Waals surface area contributed by atoms with Crippen LogP contribution in [0.1, 0.15) is 25.7 Å². The van der Waals surface area contributed by atoms with Crippen LogP contribution in [0.25, 0.3) is 0 Å². The normalized spacial score (nSPS) is 17.1. The second-order valence-electron chi connectivity index (χ2n) is 4.79. The van der Waals surface area contributed by atoms with Crippen LogP contribution in [0.4, 0.5) is 5.69 Å². The number of carbonyl (C=O) groups is 1. The molecule has 4 nitrogen and oxygen atoms in total. The molecule has 1 N–H and O–H groups in total. The Kier molecular flexibility index (Phi) is 3.24. The first-order valence-electron chi connectivity index (χ1n) is 6.07. The van der Waals surface area contributed by atoms with Gasteiger partial charge in [-0.1, -0.05) is 18.9 Å². The van der Waals surface area contributed by atoms with Crippen molar-refractivity contribution < 1.29 is 9.90 Å². The molecule has 1 aromatic rings. The molecule has 0 saturated heterocycles. The van der Waals surface area contributed by atoms with Crippen LogP contribution in [-0.4, -0.2) is 18.1 Å². The minimum absolute atomic E-state index is 0.115. The van der Waals surface area contributed by atoms with Crippen LogP contribution in [0.15, 0.2) is 24.3 Å². The summed E-state index contributed by atoms with van der Waals surface area (Å²) in [5.41, 5.74) is -0.262. The molecule has 1 aliphatic rings. The molecule has 18 heavy (non-hydrogen) atoms. The molecule has 0 atom stereocenters. The van der Waals surface area contributed by atoms with Gasteiger partial charge < -0.3 is 10.0 Å². The molecule has 0 radical (unpaired) electrons. The fourth-order valence-electron chi connectivity index (χ4n) is 2.49. The van der Waals surface area contributed by atoms with Crippen LogP contribution in [0.5, 0.6) is 5.75 Å². The predicted octanol–water partition coefficient (Wildman–Crippen LogP) is 2.44. The summed E-state index contributed by atoms with van der Waals surface area (Å²) in [6.45, 7) is 0. The molecule has 1 fully saturated rings. The van der Waals surface area contributed by atoms with Crippen LogP contribution in [-0.2, 0) is 4.79 Å².